The maximum absolute atomic E-state index is 12.1. The van der Waals surface area contributed by atoms with E-state index in [4.69, 9.17) is 13.9 Å². The van der Waals surface area contributed by atoms with E-state index >= 15 is 0 Å². The van der Waals surface area contributed by atoms with Gasteiger partial charge in [0.2, 0.25) is 5.91 Å². The van der Waals surface area contributed by atoms with Gasteiger partial charge in [0, 0.05) is 23.4 Å². The van der Waals surface area contributed by atoms with Crippen molar-refractivity contribution in [2.45, 2.75) is 0 Å². The number of benzene rings is 2. The van der Waals surface area contributed by atoms with Gasteiger partial charge in [-0.2, -0.15) is 0 Å². The first-order chi connectivity index (χ1) is 12.8. The molecule has 1 N–H and O–H groups in total. The van der Waals surface area contributed by atoms with Crippen molar-refractivity contribution in [1.82, 2.24) is 0 Å². The van der Waals surface area contributed by atoms with Crippen LogP contribution in [0.15, 0.2) is 71.2 Å². The summed E-state index contributed by atoms with van der Waals surface area (Å²) in [5.74, 6) is 2.45. The van der Waals surface area contributed by atoms with Gasteiger partial charge in [-0.25, -0.2) is 0 Å². The lowest BCUT2D eigenvalue weighted by molar-refractivity contribution is -0.111. The summed E-state index contributed by atoms with van der Waals surface area (Å²) in [5.41, 5.74) is 1.64. The lowest BCUT2D eigenvalue weighted by atomic mass is 10.2. The molecule has 1 aromatic heterocycles. The lowest BCUT2D eigenvalue weighted by Gasteiger charge is -2.18. The molecule has 0 unspecified atom stereocenters. The Hall–Kier alpha value is -3.47. The molecule has 2 aromatic carbocycles. The average Bonchev–Trinajstić information content (AvgIpc) is 3.16. The van der Waals surface area contributed by atoms with Crippen LogP contribution in [0.4, 0.5) is 5.69 Å². The molecule has 0 atom stereocenters. The number of rotatable bonds is 4. The molecule has 1 amide bonds. The summed E-state index contributed by atoms with van der Waals surface area (Å²) >= 11 is 0. The highest BCUT2D eigenvalue weighted by molar-refractivity contribution is 6.01. The Kier molecular flexibility index (Phi) is 4.43. The average molecular weight is 347 g/mol. The van der Waals surface area contributed by atoms with Gasteiger partial charge in [0.05, 0.1) is 0 Å². The highest BCUT2D eigenvalue weighted by Gasteiger charge is 2.12. The van der Waals surface area contributed by atoms with E-state index < -0.39 is 0 Å². The molecule has 1 aliphatic rings. The molecule has 0 saturated heterocycles. The van der Waals surface area contributed by atoms with Crippen molar-refractivity contribution in [3.8, 4) is 22.8 Å². The predicted molar refractivity (Wildman–Crippen MR) is 99.2 cm³/mol. The largest absolute Gasteiger partial charge is 0.486 e. The van der Waals surface area contributed by atoms with Gasteiger partial charge in [0.1, 0.15) is 24.7 Å². The fraction of sp³-hybridized carbons (Fsp3) is 0.0952. The summed E-state index contributed by atoms with van der Waals surface area (Å²) in [7, 11) is 0. The summed E-state index contributed by atoms with van der Waals surface area (Å²) in [6.45, 7) is 1.04. The Labute approximate surface area is 150 Å². The second-order valence-electron chi connectivity index (χ2n) is 5.75. The number of carbonyl (C=O) groups excluding carboxylic acids is 1. The third-order valence-electron chi connectivity index (χ3n) is 3.89. The van der Waals surface area contributed by atoms with Gasteiger partial charge >= 0.3 is 0 Å². The van der Waals surface area contributed by atoms with Crippen LogP contribution in [0, 0.1) is 0 Å². The van der Waals surface area contributed by atoms with Crippen LogP contribution in [0.3, 0.4) is 0 Å². The molecule has 0 aliphatic carbocycles. The SMILES string of the molecule is O=C(/C=C/c1ccc(-c2ccccc2)o1)Nc1ccc2c(c1)OCCO2. The van der Waals surface area contributed by atoms with Crippen molar-refractivity contribution in [3.05, 3.63) is 72.5 Å². The molecule has 0 spiro atoms. The molecular weight excluding hydrogens is 330 g/mol. The van der Waals surface area contributed by atoms with E-state index in [-0.39, 0.29) is 5.91 Å². The number of furan rings is 1. The zero-order chi connectivity index (χ0) is 17.8. The Balaban J connectivity index is 1.41. The van der Waals surface area contributed by atoms with Gasteiger partial charge in [-0.05, 0) is 30.3 Å². The molecule has 0 bridgehead atoms. The number of ether oxygens (including phenoxy) is 2. The summed E-state index contributed by atoms with van der Waals surface area (Å²) < 4.78 is 16.7. The second-order valence-corrected chi connectivity index (χ2v) is 5.75. The third kappa shape index (κ3) is 3.62. The zero-order valence-electron chi connectivity index (χ0n) is 14.0. The maximum Gasteiger partial charge on any atom is 0.248 e. The number of hydrogen-bond acceptors (Lipinski definition) is 4. The number of fused-ring (bicyclic) bond motifs is 1. The third-order valence-corrected chi connectivity index (χ3v) is 3.89. The minimum absolute atomic E-state index is 0.251. The highest BCUT2D eigenvalue weighted by Crippen LogP contribution is 2.32. The molecule has 0 radical (unpaired) electrons. The molecule has 1 aliphatic heterocycles. The highest BCUT2D eigenvalue weighted by atomic mass is 16.6. The van der Waals surface area contributed by atoms with Crippen molar-refractivity contribution in [3.63, 3.8) is 0 Å². The molecule has 5 heteroatoms. The molecule has 5 nitrogen and oxygen atoms in total. The van der Waals surface area contributed by atoms with E-state index in [9.17, 15) is 4.79 Å². The van der Waals surface area contributed by atoms with Gasteiger partial charge in [-0.15, -0.1) is 0 Å². The molecule has 2 heterocycles. The van der Waals surface area contributed by atoms with Crippen LogP contribution in [0.2, 0.25) is 0 Å². The van der Waals surface area contributed by atoms with Crippen molar-refractivity contribution < 1.29 is 18.7 Å². The van der Waals surface area contributed by atoms with E-state index in [0.29, 0.717) is 36.2 Å². The standard InChI is InChI=1S/C21H17NO4/c23-21(22-16-6-9-19-20(14-16)25-13-12-24-19)11-8-17-7-10-18(26-17)15-4-2-1-3-5-15/h1-11,14H,12-13H2,(H,22,23)/b11-8+. The first-order valence-corrected chi connectivity index (χ1v) is 8.32. The van der Waals surface area contributed by atoms with E-state index in [2.05, 4.69) is 5.32 Å². The zero-order valence-corrected chi connectivity index (χ0v) is 14.0. The van der Waals surface area contributed by atoms with Gasteiger partial charge in [0.25, 0.3) is 0 Å². The molecular formula is C21H17NO4. The number of anilines is 1. The normalized spacial score (nSPS) is 12.9. The van der Waals surface area contributed by atoms with Crippen molar-refractivity contribution in [2.24, 2.45) is 0 Å². The van der Waals surface area contributed by atoms with Crippen LogP contribution in [-0.2, 0) is 4.79 Å². The Morgan fingerprint density at radius 1 is 0.923 bits per heavy atom. The van der Waals surface area contributed by atoms with E-state index in [1.54, 1.807) is 24.3 Å². The first-order valence-electron chi connectivity index (χ1n) is 8.32. The van der Waals surface area contributed by atoms with Gasteiger partial charge < -0.3 is 19.2 Å². The van der Waals surface area contributed by atoms with Crippen LogP contribution in [0.1, 0.15) is 5.76 Å². The van der Waals surface area contributed by atoms with E-state index in [0.717, 1.165) is 11.3 Å². The predicted octanol–water partition coefficient (Wildman–Crippen LogP) is 4.37. The summed E-state index contributed by atoms with van der Waals surface area (Å²) in [5, 5.41) is 2.80. The summed E-state index contributed by atoms with van der Waals surface area (Å²) in [6, 6.07) is 18.8. The van der Waals surface area contributed by atoms with Gasteiger partial charge in [0.15, 0.2) is 11.5 Å². The van der Waals surface area contributed by atoms with Crippen molar-refractivity contribution in [1.29, 1.82) is 0 Å². The number of carbonyl (C=O) groups is 1. The van der Waals surface area contributed by atoms with Crippen LogP contribution < -0.4 is 14.8 Å². The number of nitrogens with one attached hydrogen (secondary N) is 1. The van der Waals surface area contributed by atoms with E-state index in [1.165, 1.54) is 6.08 Å². The van der Waals surface area contributed by atoms with Gasteiger partial charge in [-0.1, -0.05) is 30.3 Å². The fourth-order valence-corrected chi connectivity index (χ4v) is 2.66. The molecule has 3 aromatic rings. The quantitative estimate of drug-likeness (QED) is 0.712. The summed E-state index contributed by atoms with van der Waals surface area (Å²) in [6.07, 6.45) is 3.07. The summed E-state index contributed by atoms with van der Waals surface area (Å²) in [4.78, 5) is 12.1. The maximum atomic E-state index is 12.1. The second kappa shape index (κ2) is 7.19. The van der Waals surface area contributed by atoms with Crippen LogP contribution in [0.5, 0.6) is 11.5 Å². The monoisotopic (exact) mass is 347 g/mol. The Morgan fingerprint density at radius 2 is 1.73 bits per heavy atom. The molecule has 0 saturated carbocycles. The first kappa shape index (κ1) is 16.0. The molecule has 26 heavy (non-hydrogen) atoms. The topological polar surface area (TPSA) is 60.7 Å². The van der Waals surface area contributed by atoms with E-state index in [1.807, 2.05) is 42.5 Å². The fourth-order valence-electron chi connectivity index (χ4n) is 2.66. The Morgan fingerprint density at radius 3 is 2.58 bits per heavy atom. The molecule has 0 fully saturated rings. The van der Waals surface area contributed by atoms with Crippen molar-refractivity contribution in [2.75, 3.05) is 18.5 Å². The number of hydrogen-bond donors (Lipinski definition) is 1. The minimum atomic E-state index is -0.251. The van der Waals surface area contributed by atoms with Crippen molar-refractivity contribution >= 4 is 17.7 Å². The smallest absolute Gasteiger partial charge is 0.248 e. The van der Waals surface area contributed by atoms with Gasteiger partial charge in [-0.3, -0.25) is 4.79 Å². The molecule has 4 rings (SSSR count). The Bertz CT molecular complexity index is 944. The van der Waals surface area contributed by atoms with Crippen LogP contribution >= 0.6 is 0 Å². The van der Waals surface area contributed by atoms with Crippen LogP contribution in [0.25, 0.3) is 17.4 Å². The minimum Gasteiger partial charge on any atom is -0.486 e. The molecule has 130 valence electrons. The number of amides is 1. The lowest BCUT2D eigenvalue weighted by Crippen LogP contribution is -2.16. The van der Waals surface area contributed by atoms with Crippen LogP contribution in [-0.4, -0.2) is 19.1 Å².